The Balaban J connectivity index is 2.93. The second-order valence-electron chi connectivity index (χ2n) is 3.69. The number of carboxylic acids is 1. The molecule has 1 rings (SSSR count). The lowest BCUT2D eigenvalue weighted by Gasteiger charge is -2.19. The lowest BCUT2D eigenvalue weighted by atomic mass is 9.99. The van der Waals surface area contributed by atoms with E-state index in [0.29, 0.717) is 5.56 Å². The van der Waals surface area contributed by atoms with Crippen molar-refractivity contribution in [2.75, 3.05) is 7.05 Å². The smallest absolute Gasteiger partial charge is 0.320 e. The van der Waals surface area contributed by atoms with Crippen LogP contribution < -0.4 is 11.1 Å². The van der Waals surface area contributed by atoms with Gasteiger partial charge in [-0.3, -0.25) is 4.79 Å². The van der Waals surface area contributed by atoms with E-state index in [-0.39, 0.29) is 12.2 Å². The van der Waals surface area contributed by atoms with Crippen molar-refractivity contribution in [1.29, 1.82) is 0 Å². The highest BCUT2D eigenvalue weighted by atomic mass is 79.9. The lowest BCUT2D eigenvalue weighted by Crippen LogP contribution is -2.35. The number of nitrogens with one attached hydrogen (secondary N) is 1. The molecule has 17 heavy (non-hydrogen) atoms. The SMILES string of the molecule is CNC(CC(N)C(=O)O)c1cc(Br)ccc1F. The van der Waals surface area contributed by atoms with Crippen molar-refractivity contribution in [1.82, 2.24) is 5.32 Å². The third kappa shape index (κ3) is 3.76. The summed E-state index contributed by atoms with van der Waals surface area (Å²) in [4.78, 5) is 10.7. The van der Waals surface area contributed by atoms with E-state index in [4.69, 9.17) is 10.8 Å². The van der Waals surface area contributed by atoms with Gasteiger partial charge < -0.3 is 16.2 Å². The second-order valence-corrected chi connectivity index (χ2v) is 4.60. The highest BCUT2D eigenvalue weighted by molar-refractivity contribution is 9.10. The molecule has 0 saturated heterocycles. The average Bonchev–Trinajstić information content (AvgIpc) is 2.29. The van der Waals surface area contributed by atoms with Gasteiger partial charge in [0.15, 0.2) is 0 Å². The zero-order chi connectivity index (χ0) is 13.0. The fourth-order valence-electron chi connectivity index (χ4n) is 1.54. The number of nitrogens with two attached hydrogens (primary N) is 1. The molecule has 94 valence electrons. The Kier molecular flexibility index (Phi) is 5.04. The summed E-state index contributed by atoms with van der Waals surface area (Å²) >= 11 is 3.25. The Morgan fingerprint density at radius 2 is 2.29 bits per heavy atom. The van der Waals surface area contributed by atoms with Crippen molar-refractivity contribution in [3.63, 3.8) is 0 Å². The summed E-state index contributed by atoms with van der Waals surface area (Å²) in [6.45, 7) is 0. The second kappa shape index (κ2) is 6.09. The minimum absolute atomic E-state index is 0.124. The first-order valence-corrected chi connectivity index (χ1v) is 5.85. The third-order valence-electron chi connectivity index (χ3n) is 2.49. The fourth-order valence-corrected chi connectivity index (χ4v) is 1.92. The highest BCUT2D eigenvalue weighted by Gasteiger charge is 2.21. The molecule has 0 spiro atoms. The van der Waals surface area contributed by atoms with Crippen LogP contribution in [0.1, 0.15) is 18.0 Å². The molecule has 0 radical (unpaired) electrons. The summed E-state index contributed by atoms with van der Waals surface area (Å²) < 4.78 is 14.3. The quantitative estimate of drug-likeness (QED) is 0.773. The molecule has 0 aliphatic carbocycles. The monoisotopic (exact) mass is 304 g/mol. The summed E-state index contributed by atoms with van der Waals surface area (Å²) in [6, 6.07) is 3.08. The largest absolute Gasteiger partial charge is 0.480 e. The van der Waals surface area contributed by atoms with Crippen LogP contribution in [0.2, 0.25) is 0 Å². The fraction of sp³-hybridized carbons (Fsp3) is 0.364. The van der Waals surface area contributed by atoms with Crippen LogP contribution in [0, 0.1) is 5.82 Å². The molecule has 0 fully saturated rings. The van der Waals surface area contributed by atoms with Crippen molar-refractivity contribution in [3.05, 3.63) is 34.1 Å². The molecule has 0 aliphatic rings. The van der Waals surface area contributed by atoms with Gasteiger partial charge in [0.25, 0.3) is 0 Å². The van der Waals surface area contributed by atoms with Crippen LogP contribution in [0.4, 0.5) is 4.39 Å². The maximum absolute atomic E-state index is 13.6. The number of rotatable bonds is 5. The Bertz CT molecular complexity index is 414. The molecule has 2 atom stereocenters. The van der Waals surface area contributed by atoms with Gasteiger partial charge in [0.1, 0.15) is 11.9 Å². The third-order valence-corrected chi connectivity index (χ3v) is 2.98. The first-order chi connectivity index (χ1) is 7.95. The van der Waals surface area contributed by atoms with Crippen molar-refractivity contribution in [3.8, 4) is 0 Å². The maximum atomic E-state index is 13.6. The number of benzene rings is 1. The van der Waals surface area contributed by atoms with Gasteiger partial charge in [0.2, 0.25) is 0 Å². The van der Waals surface area contributed by atoms with E-state index >= 15 is 0 Å². The molecule has 1 aromatic carbocycles. The zero-order valence-corrected chi connectivity index (χ0v) is 10.9. The summed E-state index contributed by atoms with van der Waals surface area (Å²) in [5.74, 6) is -1.48. The van der Waals surface area contributed by atoms with Crippen molar-refractivity contribution in [2.24, 2.45) is 5.73 Å². The number of aliphatic carboxylic acids is 1. The van der Waals surface area contributed by atoms with Crippen molar-refractivity contribution < 1.29 is 14.3 Å². The maximum Gasteiger partial charge on any atom is 0.320 e. The topological polar surface area (TPSA) is 75.3 Å². The van der Waals surface area contributed by atoms with E-state index in [1.54, 1.807) is 19.2 Å². The normalized spacial score (nSPS) is 14.4. The summed E-state index contributed by atoms with van der Waals surface area (Å²) in [6.07, 6.45) is 0.124. The summed E-state index contributed by atoms with van der Waals surface area (Å²) in [7, 11) is 1.64. The Morgan fingerprint density at radius 1 is 1.65 bits per heavy atom. The van der Waals surface area contributed by atoms with Gasteiger partial charge in [-0.05, 0) is 31.7 Å². The Labute approximate surface area is 107 Å². The average molecular weight is 305 g/mol. The van der Waals surface area contributed by atoms with Gasteiger partial charge in [-0.25, -0.2) is 4.39 Å². The molecule has 0 bridgehead atoms. The number of carboxylic acid groups (broad SMARTS) is 1. The van der Waals surface area contributed by atoms with Crippen LogP contribution in [-0.4, -0.2) is 24.2 Å². The van der Waals surface area contributed by atoms with Crippen LogP contribution in [-0.2, 0) is 4.79 Å². The molecule has 0 saturated carbocycles. The first-order valence-electron chi connectivity index (χ1n) is 5.06. The van der Waals surface area contributed by atoms with Crippen molar-refractivity contribution in [2.45, 2.75) is 18.5 Å². The molecule has 4 nitrogen and oxygen atoms in total. The lowest BCUT2D eigenvalue weighted by molar-refractivity contribution is -0.138. The summed E-state index contributed by atoms with van der Waals surface area (Å²) in [5.41, 5.74) is 5.85. The number of carbonyl (C=O) groups is 1. The molecule has 0 heterocycles. The van der Waals surface area contributed by atoms with E-state index < -0.39 is 18.1 Å². The predicted molar refractivity (Wildman–Crippen MR) is 66.1 cm³/mol. The van der Waals surface area contributed by atoms with Crippen molar-refractivity contribution >= 4 is 21.9 Å². The first kappa shape index (κ1) is 14.1. The molecule has 1 aromatic rings. The van der Waals surface area contributed by atoms with Gasteiger partial charge in [-0.2, -0.15) is 0 Å². The van der Waals surface area contributed by atoms with Gasteiger partial charge in [0, 0.05) is 16.1 Å². The van der Waals surface area contributed by atoms with E-state index in [2.05, 4.69) is 21.2 Å². The highest BCUT2D eigenvalue weighted by Crippen LogP contribution is 2.24. The molecular formula is C11H14BrFN2O2. The number of halogens is 2. The minimum Gasteiger partial charge on any atom is -0.480 e. The predicted octanol–water partition coefficient (Wildman–Crippen LogP) is 1.65. The van der Waals surface area contributed by atoms with Gasteiger partial charge >= 0.3 is 5.97 Å². The van der Waals surface area contributed by atoms with Crippen LogP contribution in [0.5, 0.6) is 0 Å². The van der Waals surface area contributed by atoms with Crippen LogP contribution >= 0.6 is 15.9 Å². The minimum atomic E-state index is -1.10. The van der Waals surface area contributed by atoms with Gasteiger partial charge in [-0.15, -0.1) is 0 Å². The molecule has 0 aromatic heterocycles. The number of hydrogen-bond acceptors (Lipinski definition) is 3. The molecule has 4 N–H and O–H groups in total. The van der Waals surface area contributed by atoms with Crippen LogP contribution in [0.15, 0.2) is 22.7 Å². The summed E-state index contributed by atoms with van der Waals surface area (Å²) in [5, 5.41) is 11.6. The van der Waals surface area contributed by atoms with E-state index in [0.717, 1.165) is 4.47 Å². The molecule has 0 aliphatic heterocycles. The van der Waals surface area contributed by atoms with Gasteiger partial charge in [0.05, 0.1) is 0 Å². The number of hydrogen-bond donors (Lipinski definition) is 3. The van der Waals surface area contributed by atoms with Crippen LogP contribution in [0.3, 0.4) is 0 Å². The zero-order valence-electron chi connectivity index (χ0n) is 9.28. The van der Waals surface area contributed by atoms with Crippen LogP contribution in [0.25, 0.3) is 0 Å². The Hall–Kier alpha value is -0.980. The van der Waals surface area contributed by atoms with E-state index in [9.17, 15) is 9.18 Å². The standard InChI is InChI=1S/C11H14BrFN2O2/c1-15-10(5-9(14)11(16)17)7-4-6(12)2-3-8(7)13/h2-4,9-10,15H,5,14H2,1H3,(H,16,17). The van der Waals surface area contributed by atoms with Gasteiger partial charge in [-0.1, -0.05) is 15.9 Å². The molecule has 6 heteroatoms. The molecule has 0 amide bonds. The molecule has 2 unspecified atom stereocenters. The molecular weight excluding hydrogens is 291 g/mol. The Morgan fingerprint density at radius 3 is 2.82 bits per heavy atom. The van der Waals surface area contributed by atoms with E-state index in [1.807, 2.05) is 0 Å². The van der Waals surface area contributed by atoms with E-state index in [1.165, 1.54) is 6.07 Å².